The molecule has 4 rings (SSSR count). The van der Waals surface area contributed by atoms with Crippen molar-refractivity contribution >= 4 is 50.6 Å². The van der Waals surface area contributed by atoms with Gasteiger partial charge in [-0.25, -0.2) is 5.43 Å². The molecule has 0 fully saturated rings. The van der Waals surface area contributed by atoms with E-state index < -0.39 is 5.91 Å². The van der Waals surface area contributed by atoms with Crippen molar-refractivity contribution in [3.8, 4) is 11.5 Å². The highest BCUT2D eigenvalue weighted by atomic mass is 79.9. The summed E-state index contributed by atoms with van der Waals surface area (Å²) in [6, 6.07) is 20.0. The lowest BCUT2D eigenvalue weighted by atomic mass is 10.2. The van der Waals surface area contributed by atoms with Gasteiger partial charge in [0, 0.05) is 14.9 Å². The number of hydrazone groups is 1. The standard InChI is InChI=1S/C24H18BrClN2O4/c1-30-22-10-16(4-8-21(22)31-14-15-2-6-19(26)7-3-15)13-27-28-24(29)23-12-17-11-18(25)5-9-20(17)32-23/h2-13H,14H2,1H3,(H,28,29)/b27-13+. The third-order valence-corrected chi connectivity index (χ3v) is 5.32. The summed E-state index contributed by atoms with van der Waals surface area (Å²) >= 11 is 9.31. The van der Waals surface area contributed by atoms with Crippen molar-refractivity contribution in [2.45, 2.75) is 6.61 Å². The number of rotatable bonds is 7. The number of furan rings is 1. The van der Waals surface area contributed by atoms with Crippen molar-refractivity contribution in [3.05, 3.63) is 93.1 Å². The molecule has 32 heavy (non-hydrogen) atoms. The Morgan fingerprint density at radius 1 is 1.09 bits per heavy atom. The SMILES string of the molecule is COc1cc(/C=N/NC(=O)c2cc3cc(Br)ccc3o2)ccc1OCc1ccc(Cl)cc1. The molecule has 1 aromatic heterocycles. The highest BCUT2D eigenvalue weighted by molar-refractivity contribution is 9.10. The van der Waals surface area contributed by atoms with E-state index >= 15 is 0 Å². The van der Waals surface area contributed by atoms with Crippen LogP contribution in [0.15, 0.2) is 80.7 Å². The molecule has 0 aliphatic heterocycles. The maximum atomic E-state index is 12.3. The van der Waals surface area contributed by atoms with E-state index in [2.05, 4.69) is 26.5 Å². The number of hydrogen-bond donors (Lipinski definition) is 1. The number of carbonyl (C=O) groups excluding carboxylic acids is 1. The molecule has 0 saturated carbocycles. The molecule has 0 unspecified atom stereocenters. The van der Waals surface area contributed by atoms with Crippen LogP contribution in [0.4, 0.5) is 0 Å². The first-order chi connectivity index (χ1) is 15.5. The number of methoxy groups -OCH3 is 1. The Morgan fingerprint density at radius 3 is 2.69 bits per heavy atom. The molecule has 0 atom stereocenters. The van der Waals surface area contributed by atoms with Gasteiger partial charge < -0.3 is 13.9 Å². The van der Waals surface area contributed by atoms with E-state index in [1.165, 1.54) is 6.21 Å². The number of hydrogen-bond acceptors (Lipinski definition) is 5. The van der Waals surface area contributed by atoms with E-state index in [1.807, 2.05) is 42.5 Å². The van der Waals surface area contributed by atoms with Gasteiger partial charge in [-0.05, 0) is 65.7 Å². The molecule has 3 aromatic carbocycles. The van der Waals surface area contributed by atoms with Crippen LogP contribution in [0.2, 0.25) is 5.02 Å². The Labute approximate surface area is 197 Å². The summed E-state index contributed by atoms with van der Waals surface area (Å²) < 4.78 is 17.7. The molecule has 0 saturated heterocycles. The summed E-state index contributed by atoms with van der Waals surface area (Å²) in [4.78, 5) is 12.3. The molecule has 0 aliphatic carbocycles. The van der Waals surface area contributed by atoms with E-state index in [0.29, 0.717) is 28.7 Å². The second-order valence-electron chi connectivity index (χ2n) is 6.82. The van der Waals surface area contributed by atoms with Gasteiger partial charge in [-0.1, -0.05) is 39.7 Å². The van der Waals surface area contributed by atoms with Gasteiger partial charge in [0.15, 0.2) is 17.3 Å². The largest absolute Gasteiger partial charge is 0.493 e. The molecule has 4 aromatic rings. The van der Waals surface area contributed by atoms with Crippen molar-refractivity contribution in [1.82, 2.24) is 5.43 Å². The van der Waals surface area contributed by atoms with E-state index in [1.54, 1.807) is 31.4 Å². The lowest BCUT2D eigenvalue weighted by molar-refractivity contribution is 0.0929. The maximum Gasteiger partial charge on any atom is 0.307 e. The number of halogens is 2. The smallest absolute Gasteiger partial charge is 0.307 e. The summed E-state index contributed by atoms with van der Waals surface area (Å²) in [6.45, 7) is 0.380. The van der Waals surface area contributed by atoms with Crippen molar-refractivity contribution in [1.29, 1.82) is 0 Å². The molecule has 1 amide bonds. The monoisotopic (exact) mass is 512 g/mol. The van der Waals surface area contributed by atoms with Gasteiger partial charge in [-0.15, -0.1) is 0 Å². The Bertz CT molecular complexity index is 1290. The second-order valence-corrected chi connectivity index (χ2v) is 8.17. The second kappa shape index (κ2) is 9.89. The van der Waals surface area contributed by atoms with Gasteiger partial charge >= 0.3 is 5.91 Å². The number of benzene rings is 3. The van der Waals surface area contributed by atoms with Gasteiger partial charge in [0.1, 0.15) is 12.2 Å². The van der Waals surface area contributed by atoms with Crippen LogP contribution in [0.1, 0.15) is 21.7 Å². The first-order valence-electron chi connectivity index (χ1n) is 9.59. The zero-order valence-corrected chi connectivity index (χ0v) is 19.3. The number of nitrogens with zero attached hydrogens (tertiary/aromatic N) is 1. The maximum absolute atomic E-state index is 12.3. The van der Waals surface area contributed by atoms with Gasteiger partial charge in [0.05, 0.1) is 13.3 Å². The lowest BCUT2D eigenvalue weighted by Gasteiger charge is -2.11. The summed E-state index contributed by atoms with van der Waals surface area (Å²) in [5, 5.41) is 5.51. The first kappa shape index (κ1) is 21.9. The van der Waals surface area contributed by atoms with E-state index in [9.17, 15) is 4.79 Å². The average molecular weight is 514 g/mol. The van der Waals surface area contributed by atoms with Crippen molar-refractivity contribution < 1.29 is 18.7 Å². The van der Waals surface area contributed by atoms with Crippen LogP contribution in [0.3, 0.4) is 0 Å². The minimum Gasteiger partial charge on any atom is -0.493 e. The number of amides is 1. The summed E-state index contributed by atoms with van der Waals surface area (Å²) in [5.41, 5.74) is 4.81. The average Bonchev–Trinajstić information content (AvgIpc) is 3.22. The minimum absolute atomic E-state index is 0.179. The zero-order valence-electron chi connectivity index (χ0n) is 17.0. The Balaban J connectivity index is 1.39. The highest BCUT2D eigenvalue weighted by Crippen LogP contribution is 2.28. The van der Waals surface area contributed by atoms with Crippen molar-refractivity contribution in [2.24, 2.45) is 5.10 Å². The Hall–Kier alpha value is -3.29. The lowest BCUT2D eigenvalue weighted by Crippen LogP contribution is -2.16. The number of carbonyl (C=O) groups is 1. The molecule has 0 bridgehead atoms. The quantitative estimate of drug-likeness (QED) is 0.236. The third-order valence-electron chi connectivity index (χ3n) is 4.58. The predicted octanol–water partition coefficient (Wildman–Crippen LogP) is 6.20. The molecular weight excluding hydrogens is 496 g/mol. The van der Waals surface area contributed by atoms with Gasteiger partial charge in [0.2, 0.25) is 0 Å². The van der Waals surface area contributed by atoms with Crippen LogP contribution in [0, 0.1) is 0 Å². The van der Waals surface area contributed by atoms with Crippen LogP contribution >= 0.6 is 27.5 Å². The van der Waals surface area contributed by atoms with Crippen LogP contribution in [-0.2, 0) is 6.61 Å². The van der Waals surface area contributed by atoms with Gasteiger partial charge in [-0.2, -0.15) is 5.10 Å². The Kier molecular flexibility index (Phi) is 6.78. The van der Waals surface area contributed by atoms with Gasteiger partial charge in [-0.3, -0.25) is 4.79 Å². The fraction of sp³-hybridized carbons (Fsp3) is 0.0833. The molecule has 6 nitrogen and oxygen atoms in total. The first-order valence-corrected chi connectivity index (χ1v) is 10.8. The van der Waals surface area contributed by atoms with E-state index in [0.717, 1.165) is 21.0 Å². The van der Waals surface area contributed by atoms with Crippen LogP contribution in [0.5, 0.6) is 11.5 Å². The third kappa shape index (κ3) is 5.30. The summed E-state index contributed by atoms with van der Waals surface area (Å²) in [6.07, 6.45) is 1.52. The predicted molar refractivity (Wildman–Crippen MR) is 128 cm³/mol. The molecule has 1 N–H and O–H groups in total. The molecule has 0 radical (unpaired) electrons. The molecule has 1 heterocycles. The van der Waals surface area contributed by atoms with Crippen molar-refractivity contribution in [3.63, 3.8) is 0 Å². The number of nitrogens with one attached hydrogen (secondary N) is 1. The molecular formula is C24H18BrClN2O4. The molecule has 8 heteroatoms. The molecule has 0 spiro atoms. The van der Waals surface area contributed by atoms with Crippen LogP contribution < -0.4 is 14.9 Å². The van der Waals surface area contributed by atoms with E-state index in [4.69, 9.17) is 25.5 Å². The molecule has 0 aliphatic rings. The number of fused-ring (bicyclic) bond motifs is 1. The van der Waals surface area contributed by atoms with Crippen LogP contribution in [0.25, 0.3) is 11.0 Å². The minimum atomic E-state index is -0.441. The normalized spacial score (nSPS) is 11.1. The zero-order chi connectivity index (χ0) is 22.5. The topological polar surface area (TPSA) is 73.1 Å². The van der Waals surface area contributed by atoms with Crippen LogP contribution in [-0.4, -0.2) is 19.2 Å². The van der Waals surface area contributed by atoms with Crippen molar-refractivity contribution in [2.75, 3.05) is 7.11 Å². The van der Waals surface area contributed by atoms with Gasteiger partial charge in [0.25, 0.3) is 0 Å². The summed E-state index contributed by atoms with van der Waals surface area (Å²) in [7, 11) is 1.56. The molecule has 162 valence electrons. The number of ether oxygens (including phenoxy) is 2. The van der Waals surface area contributed by atoms with E-state index in [-0.39, 0.29) is 5.76 Å². The fourth-order valence-corrected chi connectivity index (χ4v) is 3.48. The fourth-order valence-electron chi connectivity index (χ4n) is 2.97. The highest BCUT2D eigenvalue weighted by Gasteiger charge is 2.12. The summed E-state index contributed by atoms with van der Waals surface area (Å²) in [5.74, 6) is 0.886. The Morgan fingerprint density at radius 2 is 1.91 bits per heavy atom.